The highest BCUT2D eigenvalue weighted by atomic mass is 16.5. The Bertz CT molecular complexity index is 459. The Kier molecular flexibility index (Phi) is 5.99. The lowest BCUT2D eigenvalue weighted by Crippen LogP contribution is -2.37. The molecular formula is C16H25N3O2. The highest BCUT2D eigenvalue weighted by Gasteiger charge is 2.22. The number of methoxy groups -OCH3 is 1. The molecule has 2 rings (SSSR count). The number of carbonyl (C=O) groups is 1. The average molecular weight is 291 g/mol. The number of nitrogens with zero attached hydrogens (tertiary/aromatic N) is 2. The summed E-state index contributed by atoms with van der Waals surface area (Å²) >= 11 is 0. The third kappa shape index (κ3) is 4.17. The highest BCUT2D eigenvalue weighted by molar-refractivity contribution is 5.94. The quantitative estimate of drug-likeness (QED) is 0.813. The highest BCUT2D eigenvalue weighted by Crippen LogP contribution is 2.22. The Morgan fingerprint density at radius 3 is 2.90 bits per heavy atom. The van der Waals surface area contributed by atoms with E-state index in [-0.39, 0.29) is 5.97 Å². The molecule has 1 saturated heterocycles. The molecule has 1 aliphatic heterocycles. The smallest absolute Gasteiger partial charge is 0.341 e. The van der Waals surface area contributed by atoms with E-state index in [0.717, 1.165) is 38.4 Å². The predicted molar refractivity (Wildman–Crippen MR) is 83.7 cm³/mol. The second-order valence-corrected chi connectivity index (χ2v) is 5.51. The van der Waals surface area contributed by atoms with Crippen LogP contribution in [0.3, 0.4) is 0 Å². The number of aromatic nitrogens is 1. The van der Waals surface area contributed by atoms with Crippen molar-refractivity contribution in [2.45, 2.75) is 26.2 Å². The fraction of sp³-hybridized carbons (Fsp3) is 0.625. The van der Waals surface area contributed by atoms with Crippen molar-refractivity contribution in [3.63, 3.8) is 0 Å². The molecule has 5 heteroatoms. The van der Waals surface area contributed by atoms with Crippen LogP contribution < -0.4 is 10.2 Å². The number of ether oxygens (including phenoxy) is 1. The van der Waals surface area contributed by atoms with E-state index in [2.05, 4.69) is 22.1 Å². The van der Waals surface area contributed by atoms with Crippen molar-refractivity contribution >= 4 is 11.8 Å². The molecule has 0 aliphatic carbocycles. The number of esters is 1. The van der Waals surface area contributed by atoms with Gasteiger partial charge in [0, 0.05) is 19.3 Å². The zero-order valence-corrected chi connectivity index (χ0v) is 13.0. The monoisotopic (exact) mass is 291 g/mol. The van der Waals surface area contributed by atoms with Gasteiger partial charge < -0.3 is 15.0 Å². The lowest BCUT2D eigenvalue weighted by molar-refractivity contribution is 0.0601. The first-order valence-electron chi connectivity index (χ1n) is 7.75. The molecule has 2 heterocycles. The molecule has 21 heavy (non-hydrogen) atoms. The first-order valence-corrected chi connectivity index (χ1v) is 7.75. The van der Waals surface area contributed by atoms with Gasteiger partial charge in [0.05, 0.1) is 7.11 Å². The summed E-state index contributed by atoms with van der Waals surface area (Å²) in [7, 11) is 1.41. The summed E-state index contributed by atoms with van der Waals surface area (Å²) in [6, 6.07) is 3.57. The molecule has 0 atom stereocenters. The SMILES string of the molecule is CCCN(CC1CCNCC1)c1ncccc1C(=O)OC. The lowest BCUT2D eigenvalue weighted by Gasteiger charge is -2.31. The molecule has 0 bridgehead atoms. The molecule has 0 unspecified atom stereocenters. The second-order valence-electron chi connectivity index (χ2n) is 5.51. The first-order chi connectivity index (χ1) is 10.3. The number of piperidine rings is 1. The lowest BCUT2D eigenvalue weighted by atomic mass is 9.97. The van der Waals surface area contributed by atoms with E-state index < -0.39 is 0 Å². The maximum atomic E-state index is 11.9. The third-order valence-corrected chi connectivity index (χ3v) is 3.92. The van der Waals surface area contributed by atoms with Gasteiger partial charge in [0.2, 0.25) is 0 Å². The molecule has 1 aliphatic rings. The van der Waals surface area contributed by atoms with Crippen molar-refractivity contribution < 1.29 is 9.53 Å². The fourth-order valence-corrected chi connectivity index (χ4v) is 2.85. The van der Waals surface area contributed by atoms with Crippen LogP contribution in [-0.2, 0) is 4.74 Å². The van der Waals surface area contributed by atoms with Crippen LogP contribution in [0.4, 0.5) is 5.82 Å². The molecule has 0 saturated carbocycles. The molecule has 1 aromatic heterocycles. The Balaban J connectivity index is 2.18. The van der Waals surface area contributed by atoms with Gasteiger partial charge in [-0.2, -0.15) is 0 Å². The van der Waals surface area contributed by atoms with Gasteiger partial charge in [-0.15, -0.1) is 0 Å². The average Bonchev–Trinajstić information content (AvgIpc) is 2.55. The van der Waals surface area contributed by atoms with Crippen molar-refractivity contribution in [1.82, 2.24) is 10.3 Å². The van der Waals surface area contributed by atoms with E-state index >= 15 is 0 Å². The fourth-order valence-electron chi connectivity index (χ4n) is 2.85. The number of rotatable bonds is 6. The van der Waals surface area contributed by atoms with Gasteiger partial charge in [0.25, 0.3) is 0 Å². The summed E-state index contributed by atoms with van der Waals surface area (Å²) in [5, 5.41) is 3.39. The molecule has 0 amide bonds. The largest absolute Gasteiger partial charge is 0.465 e. The van der Waals surface area contributed by atoms with E-state index in [1.54, 1.807) is 18.3 Å². The summed E-state index contributed by atoms with van der Waals surface area (Å²) in [6.45, 7) is 6.17. The molecule has 116 valence electrons. The van der Waals surface area contributed by atoms with Crippen molar-refractivity contribution in [2.24, 2.45) is 5.92 Å². The van der Waals surface area contributed by atoms with Crippen LogP contribution in [0.1, 0.15) is 36.5 Å². The van der Waals surface area contributed by atoms with Gasteiger partial charge in [-0.3, -0.25) is 0 Å². The zero-order valence-electron chi connectivity index (χ0n) is 13.0. The van der Waals surface area contributed by atoms with Gasteiger partial charge >= 0.3 is 5.97 Å². The van der Waals surface area contributed by atoms with Crippen LogP contribution in [0.5, 0.6) is 0 Å². The standard InChI is InChI=1S/C16H25N3O2/c1-3-11-19(12-13-6-9-17-10-7-13)15-14(16(20)21-2)5-4-8-18-15/h4-5,8,13,17H,3,6-7,9-12H2,1-2H3. The van der Waals surface area contributed by atoms with Crippen molar-refractivity contribution in [3.8, 4) is 0 Å². The van der Waals surface area contributed by atoms with E-state index in [1.165, 1.54) is 20.0 Å². The normalized spacial score (nSPS) is 15.7. The third-order valence-electron chi connectivity index (χ3n) is 3.92. The topological polar surface area (TPSA) is 54.5 Å². The van der Waals surface area contributed by atoms with Crippen LogP contribution in [0.15, 0.2) is 18.3 Å². The molecule has 1 fully saturated rings. The van der Waals surface area contributed by atoms with Crippen molar-refractivity contribution in [1.29, 1.82) is 0 Å². The van der Waals surface area contributed by atoms with Crippen LogP contribution in [0.25, 0.3) is 0 Å². The number of carbonyl (C=O) groups excluding carboxylic acids is 1. The van der Waals surface area contributed by atoms with Crippen LogP contribution in [-0.4, -0.2) is 44.2 Å². The summed E-state index contributed by atoms with van der Waals surface area (Å²) in [4.78, 5) is 18.6. The zero-order chi connectivity index (χ0) is 15.1. The molecular weight excluding hydrogens is 266 g/mol. The van der Waals surface area contributed by atoms with Gasteiger partial charge in [0.15, 0.2) is 0 Å². The Hall–Kier alpha value is -1.62. The minimum atomic E-state index is -0.315. The number of pyridine rings is 1. The van der Waals surface area contributed by atoms with Gasteiger partial charge in [0.1, 0.15) is 11.4 Å². The number of anilines is 1. The van der Waals surface area contributed by atoms with Gasteiger partial charge in [-0.25, -0.2) is 9.78 Å². The summed E-state index contributed by atoms with van der Waals surface area (Å²) in [5.74, 6) is 1.10. The molecule has 0 spiro atoms. The van der Waals surface area contributed by atoms with E-state index in [9.17, 15) is 4.79 Å². The van der Waals surface area contributed by atoms with Crippen LogP contribution in [0.2, 0.25) is 0 Å². The number of hydrogen-bond acceptors (Lipinski definition) is 5. The van der Waals surface area contributed by atoms with Crippen LogP contribution in [0, 0.1) is 5.92 Å². The maximum Gasteiger partial charge on any atom is 0.341 e. The first kappa shape index (κ1) is 15.8. The van der Waals surface area contributed by atoms with Crippen molar-refractivity contribution in [2.75, 3.05) is 38.2 Å². The summed E-state index contributed by atoms with van der Waals surface area (Å²) in [6.07, 6.45) is 5.14. The second kappa shape index (κ2) is 7.98. The molecule has 1 aromatic rings. The molecule has 1 N–H and O–H groups in total. The Morgan fingerprint density at radius 2 is 2.24 bits per heavy atom. The molecule has 0 aromatic carbocycles. The van der Waals surface area contributed by atoms with E-state index in [1.807, 2.05) is 0 Å². The maximum absolute atomic E-state index is 11.9. The summed E-state index contributed by atoms with van der Waals surface area (Å²) < 4.78 is 4.88. The van der Waals surface area contributed by atoms with E-state index in [4.69, 9.17) is 4.74 Å². The Morgan fingerprint density at radius 1 is 1.48 bits per heavy atom. The number of nitrogens with one attached hydrogen (secondary N) is 1. The van der Waals surface area contributed by atoms with Gasteiger partial charge in [-0.05, 0) is 50.4 Å². The minimum Gasteiger partial charge on any atom is -0.465 e. The van der Waals surface area contributed by atoms with E-state index in [0.29, 0.717) is 11.5 Å². The van der Waals surface area contributed by atoms with Crippen LogP contribution >= 0.6 is 0 Å². The predicted octanol–water partition coefficient (Wildman–Crippen LogP) is 2.08. The molecule has 5 nitrogen and oxygen atoms in total. The number of hydrogen-bond donors (Lipinski definition) is 1. The minimum absolute atomic E-state index is 0.315. The molecule has 0 radical (unpaired) electrons. The Labute approximate surface area is 126 Å². The summed E-state index contributed by atoms with van der Waals surface area (Å²) in [5.41, 5.74) is 0.558. The van der Waals surface area contributed by atoms with Crippen molar-refractivity contribution in [3.05, 3.63) is 23.9 Å². The van der Waals surface area contributed by atoms with Gasteiger partial charge in [-0.1, -0.05) is 6.92 Å².